The molecule has 1 saturated heterocycles. The van der Waals surface area contributed by atoms with Crippen molar-refractivity contribution in [3.05, 3.63) is 99.4 Å². The molecular formula is C25H19BrN2O4S. The molecule has 166 valence electrons. The third kappa shape index (κ3) is 6.12. The van der Waals surface area contributed by atoms with E-state index in [-0.39, 0.29) is 11.4 Å². The van der Waals surface area contributed by atoms with Gasteiger partial charge >= 0.3 is 0 Å². The molecule has 1 N–H and O–H groups in total. The number of rotatable bonds is 7. The van der Waals surface area contributed by atoms with Crippen LogP contribution in [-0.4, -0.2) is 28.5 Å². The zero-order valence-electron chi connectivity index (χ0n) is 17.4. The third-order valence-electron chi connectivity index (χ3n) is 4.71. The van der Waals surface area contributed by atoms with E-state index in [2.05, 4.69) is 21.2 Å². The average molecular weight is 523 g/mol. The van der Waals surface area contributed by atoms with E-state index < -0.39 is 17.1 Å². The Morgan fingerprint density at radius 2 is 1.76 bits per heavy atom. The van der Waals surface area contributed by atoms with Crippen LogP contribution in [0.4, 0.5) is 10.5 Å². The number of imide groups is 1. The van der Waals surface area contributed by atoms with E-state index in [1.807, 2.05) is 48.5 Å². The van der Waals surface area contributed by atoms with E-state index in [1.165, 1.54) is 0 Å². The first kappa shape index (κ1) is 22.8. The molecule has 0 saturated carbocycles. The van der Waals surface area contributed by atoms with Gasteiger partial charge in [-0.3, -0.25) is 19.3 Å². The Morgan fingerprint density at radius 3 is 2.52 bits per heavy atom. The molecule has 8 heteroatoms. The summed E-state index contributed by atoms with van der Waals surface area (Å²) < 4.78 is 6.71. The molecule has 33 heavy (non-hydrogen) atoms. The molecule has 1 fully saturated rings. The maximum absolute atomic E-state index is 12.7. The summed E-state index contributed by atoms with van der Waals surface area (Å²) >= 11 is 4.14. The smallest absolute Gasteiger partial charge is 0.294 e. The number of halogens is 1. The highest BCUT2D eigenvalue weighted by molar-refractivity contribution is 9.10. The van der Waals surface area contributed by atoms with Crippen LogP contribution in [0.5, 0.6) is 5.75 Å². The second-order valence-electron chi connectivity index (χ2n) is 7.17. The third-order valence-corrected chi connectivity index (χ3v) is 6.14. The molecule has 3 amide bonds. The van der Waals surface area contributed by atoms with Crippen LogP contribution in [0.2, 0.25) is 0 Å². The fraction of sp³-hybridized carbons (Fsp3) is 0.0800. The van der Waals surface area contributed by atoms with Crippen molar-refractivity contribution in [3.8, 4) is 5.75 Å². The molecule has 6 nitrogen and oxygen atoms in total. The minimum Gasteiger partial charge on any atom is -0.489 e. The maximum Gasteiger partial charge on any atom is 0.294 e. The highest BCUT2D eigenvalue weighted by atomic mass is 79.9. The number of benzene rings is 3. The topological polar surface area (TPSA) is 75.7 Å². The molecule has 3 aromatic carbocycles. The second kappa shape index (κ2) is 10.5. The predicted octanol–water partition coefficient (Wildman–Crippen LogP) is 5.70. The summed E-state index contributed by atoms with van der Waals surface area (Å²) in [6.07, 6.45) is 1.63. The lowest BCUT2D eigenvalue weighted by Gasteiger charge is -2.12. The van der Waals surface area contributed by atoms with Gasteiger partial charge in [-0.05, 0) is 65.4 Å². The van der Waals surface area contributed by atoms with Gasteiger partial charge in [0, 0.05) is 10.2 Å². The van der Waals surface area contributed by atoms with Crippen molar-refractivity contribution in [2.75, 3.05) is 11.9 Å². The molecule has 1 heterocycles. The number of carbonyl (C=O) groups excluding carboxylic acids is 3. The highest BCUT2D eigenvalue weighted by Crippen LogP contribution is 2.32. The van der Waals surface area contributed by atoms with Crippen LogP contribution in [-0.2, 0) is 16.2 Å². The fourth-order valence-corrected chi connectivity index (χ4v) is 4.20. The van der Waals surface area contributed by atoms with E-state index in [0.29, 0.717) is 18.0 Å². The lowest BCUT2D eigenvalue weighted by Crippen LogP contribution is -2.36. The van der Waals surface area contributed by atoms with Crippen LogP contribution in [0.25, 0.3) is 6.08 Å². The van der Waals surface area contributed by atoms with Gasteiger partial charge in [0.15, 0.2) is 0 Å². The van der Waals surface area contributed by atoms with Crippen LogP contribution >= 0.6 is 27.7 Å². The summed E-state index contributed by atoms with van der Waals surface area (Å²) in [6.45, 7) is 0.0760. The summed E-state index contributed by atoms with van der Waals surface area (Å²) in [6, 6.07) is 24.1. The quantitative estimate of drug-likeness (QED) is 0.402. The number of ether oxygens (including phenoxy) is 1. The van der Waals surface area contributed by atoms with Gasteiger partial charge in [-0.1, -0.05) is 58.4 Å². The van der Waals surface area contributed by atoms with Crippen LogP contribution in [0.1, 0.15) is 11.1 Å². The Balaban J connectivity index is 1.39. The number of nitrogens with one attached hydrogen (secondary N) is 1. The second-order valence-corrected chi connectivity index (χ2v) is 9.08. The molecule has 3 aromatic rings. The normalized spacial score (nSPS) is 14.6. The molecule has 0 aliphatic carbocycles. The Kier molecular flexibility index (Phi) is 7.26. The van der Waals surface area contributed by atoms with Crippen molar-refractivity contribution in [2.24, 2.45) is 0 Å². The van der Waals surface area contributed by atoms with E-state index in [4.69, 9.17) is 4.74 Å². The highest BCUT2D eigenvalue weighted by Gasteiger charge is 2.36. The first-order valence-electron chi connectivity index (χ1n) is 10.1. The predicted molar refractivity (Wildman–Crippen MR) is 133 cm³/mol. The van der Waals surface area contributed by atoms with Crippen LogP contribution in [0.15, 0.2) is 88.2 Å². The number of hydrogen-bond donors (Lipinski definition) is 1. The molecule has 0 unspecified atom stereocenters. The van der Waals surface area contributed by atoms with Crippen molar-refractivity contribution < 1.29 is 19.1 Å². The number of carbonyl (C=O) groups is 3. The molecule has 0 atom stereocenters. The average Bonchev–Trinajstić information content (AvgIpc) is 3.07. The van der Waals surface area contributed by atoms with Gasteiger partial charge in [0.25, 0.3) is 11.1 Å². The van der Waals surface area contributed by atoms with Crippen molar-refractivity contribution in [1.29, 1.82) is 0 Å². The van der Waals surface area contributed by atoms with Crippen LogP contribution in [0.3, 0.4) is 0 Å². The zero-order valence-corrected chi connectivity index (χ0v) is 19.8. The van der Waals surface area contributed by atoms with Crippen LogP contribution in [0, 0.1) is 0 Å². The monoisotopic (exact) mass is 522 g/mol. The van der Waals surface area contributed by atoms with E-state index in [1.54, 1.807) is 36.4 Å². The van der Waals surface area contributed by atoms with E-state index in [9.17, 15) is 14.4 Å². The van der Waals surface area contributed by atoms with Crippen LogP contribution < -0.4 is 10.1 Å². The summed E-state index contributed by atoms with van der Waals surface area (Å²) in [5.41, 5.74) is 2.36. The van der Waals surface area contributed by atoms with Gasteiger partial charge in [0.05, 0.1) is 4.91 Å². The fourth-order valence-electron chi connectivity index (χ4n) is 3.10. The first-order valence-corrected chi connectivity index (χ1v) is 11.7. The van der Waals surface area contributed by atoms with Gasteiger partial charge in [-0.25, -0.2) is 0 Å². The Bertz CT molecular complexity index is 1210. The minimum absolute atomic E-state index is 0.261. The van der Waals surface area contributed by atoms with E-state index >= 15 is 0 Å². The van der Waals surface area contributed by atoms with Crippen molar-refractivity contribution in [2.45, 2.75) is 6.61 Å². The van der Waals surface area contributed by atoms with E-state index in [0.717, 1.165) is 32.3 Å². The summed E-state index contributed by atoms with van der Waals surface area (Å²) in [5, 5.41) is 2.21. The number of nitrogens with zero attached hydrogens (tertiary/aromatic N) is 1. The zero-order chi connectivity index (χ0) is 23.2. The lowest BCUT2D eigenvalue weighted by molar-refractivity contribution is -0.127. The molecule has 4 rings (SSSR count). The molecule has 0 bridgehead atoms. The van der Waals surface area contributed by atoms with Gasteiger partial charge in [-0.15, -0.1) is 0 Å². The van der Waals surface area contributed by atoms with Gasteiger partial charge in [0.1, 0.15) is 18.9 Å². The largest absolute Gasteiger partial charge is 0.489 e. The molecule has 1 aliphatic heterocycles. The summed E-state index contributed by atoms with van der Waals surface area (Å²) in [7, 11) is 0. The van der Waals surface area contributed by atoms with Crippen molar-refractivity contribution >= 4 is 56.5 Å². The first-order chi connectivity index (χ1) is 16.0. The van der Waals surface area contributed by atoms with Crippen molar-refractivity contribution in [1.82, 2.24) is 4.90 Å². The lowest BCUT2D eigenvalue weighted by atomic mass is 10.2. The van der Waals surface area contributed by atoms with Gasteiger partial charge < -0.3 is 10.1 Å². The minimum atomic E-state index is -0.494. The number of anilines is 1. The summed E-state index contributed by atoms with van der Waals surface area (Å²) in [4.78, 5) is 38.6. The number of amides is 3. The SMILES string of the molecule is O=C(CN1C(=O)S/C(=C/c2cccc(OCc3ccccc3)c2)C1=O)Nc1ccc(Br)cc1. The summed E-state index contributed by atoms with van der Waals surface area (Å²) in [5.74, 6) is -0.288. The molecule has 1 aliphatic rings. The number of thioether (sulfide) groups is 1. The Morgan fingerprint density at radius 1 is 1.00 bits per heavy atom. The standard InChI is InChI=1S/C25H19BrN2O4S/c26-19-9-11-20(12-10-19)27-23(29)15-28-24(30)22(33-25(28)31)14-18-7-4-8-21(13-18)32-16-17-5-2-1-3-6-17/h1-14H,15-16H2,(H,27,29)/b22-14+. The molecular weight excluding hydrogens is 504 g/mol. The maximum atomic E-state index is 12.7. The van der Waals surface area contributed by atoms with Gasteiger partial charge in [0.2, 0.25) is 5.91 Å². The Hall–Kier alpha value is -3.36. The molecule has 0 spiro atoms. The Labute approximate surface area is 203 Å². The molecule has 0 aromatic heterocycles. The number of hydrogen-bond acceptors (Lipinski definition) is 5. The van der Waals surface area contributed by atoms with Gasteiger partial charge in [-0.2, -0.15) is 0 Å². The molecule has 0 radical (unpaired) electrons. The van der Waals surface area contributed by atoms with Crippen molar-refractivity contribution in [3.63, 3.8) is 0 Å².